The third kappa shape index (κ3) is 6.86. The minimum Gasteiger partial charge on any atom is -0.0654 e. The van der Waals surface area contributed by atoms with Gasteiger partial charge in [-0.1, -0.05) is 20.3 Å². The summed E-state index contributed by atoms with van der Waals surface area (Å²) in [5, 5.41) is 0. The van der Waals surface area contributed by atoms with Gasteiger partial charge in [0.2, 0.25) is 0 Å². The van der Waals surface area contributed by atoms with Crippen LogP contribution < -0.4 is 0 Å². The summed E-state index contributed by atoms with van der Waals surface area (Å²) in [6, 6.07) is 0. The van der Waals surface area contributed by atoms with E-state index in [0.717, 1.165) is 0 Å². The lowest BCUT2D eigenvalue weighted by atomic mass is 10.4. The Balaban J connectivity index is 2.53. The fraction of sp³-hybridized carbons (Fsp3) is 1.00. The van der Waals surface area contributed by atoms with Crippen LogP contribution in [0.4, 0.5) is 0 Å². The van der Waals surface area contributed by atoms with Crippen molar-refractivity contribution in [3.63, 3.8) is 0 Å². The summed E-state index contributed by atoms with van der Waals surface area (Å²) in [5.74, 6) is 0. The van der Waals surface area contributed by atoms with Gasteiger partial charge in [-0.3, -0.25) is 0 Å². The Morgan fingerprint density at radius 1 is 1.12 bits per heavy atom. The third-order valence-electron chi connectivity index (χ3n) is 0.853. The molecule has 0 atom stereocenters. The molecule has 0 rings (SSSR count). The fourth-order valence-electron chi connectivity index (χ4n) is 0.400. The normalized spacial score (nSPS) is 12.8. The molecule has 0 spiro atoms. The Kier molecular flexibility index (Phi) is 8.70. The second-order valence-corrected chi connectivity index (χ2v) is 5.02. The Bertz CT molecular complexity index is 31.5. The maximum absolute atomic E-state index is 2.25. The summed E-state index contributed by atoms with van der Waals surface area (Å²) < 4.78 is 0. The predicted molar refractivity (Wildman–Crippen MR) is 44.2 cm³/mol. The zero-order valence-corrected chi connectivity index (χ0v) is 7.51. The zero-order valence-electron chi connectivity index (χ0n) is 5.72. The number of rotatable bonds is 5. The van der Waals surface area contributed by atoms with Crippen LogP contribution >= 0.6 is 16.5 Å². The first-order valence-electron chi connectivity index (χ1n) is 3.25. The Labute approximate surface area is 56.3 Å². The molecule has 0 saturated heterocycles. The van der Waals surface area contributed by atoms with Gasteiger partial charge >= 0.3 is 0 Å². The first kappa shape index (κ1) is 8.86. The molecule has 0 nitrogen and oxygen atoms in total. The molecule has 0 bridgehead atoms. The molecule has 48 valence electrons. The number of hydrogen-bond donors (Lipinski definition) is 0. The van der Waals surface area contributed by atoms with Gasteiger partial charge in [0.25, 0.3) is 0 Å². The average Bonchev–Trinajstić information content (AvgIpc) is 1.81. The van der Waals surface area contributed by atoms with Gasteiger partial charge < -0.3 is 0 Å². The SMILES string of the molecule is CCCC[P][P]CC. The van der Waals surface area contributed by atoms with Crippen molar-refractivity contribution in [3.8, 4) is 0 Å². The first-order valence-corrected chi connectivity index (χ1v) is 6.11. The molecular weight excluding hydrogens is 134 g/mol. The second-order valence-electron chi connectivity index (χ2n) is 1.68. The maximum Gasteiger partial charge on any atom is -0.0242 e. The summed E-state index contributed by atoms with van der Waals surface area (Å²) in [6.07, 6.45) is 5.50. The Hall–Kier alpha value is 0.860. The lowest BCUT2D eigenvalue weighted by molar-refractivity contribution is 0.896. The minimum absolute atomic E-state index is 1.32. The molecule has 0 aromatic rings. The van der Waals surface area contributed by atoms with Crippen LogP contribution in [-0.2, 0) is 0 Å². The van der Waals surface area contributed by atoms with Crippen LogP contribution in [0.25, 0.3) is 0 Å². The maximum atomic E-state index is 2.25. The van der Waals surface area contributed by atoms with Gasteiger partial charge in [0, 0.05) is 0 Å². The smallest absolute Gasteiger partial charge is 0.0242 e. The van der Waals surface area contributed by atoms with Crippen LogP contribution in [0.2, 0.25) is 0 Å². The Morgan fingerprint density at radius 2 is 1.88 bits per heavy atom. The third-order valence-corrected chi connectivity index (χ3v) is 3.90. The monoisotopic (exact) mass is 148 g/mol. The molecule has 0 aromatic carbocycles. The van der Waals surface area contributed by atoms with Gasteiger partial charge in [-0.2, -0.15) is 0 Å². The largest absolute Gasteiger partial charge is 0.0654 e. The molecule has 0 saturated carbocycles. The molecule has 0 unspecified atom stereocenters. The molecule has 0 aliphatic carbocycles. The van der Waals surface area contributed by atoms with Crippen LogP contribution in [0.3, 0.4) is 0 Å². The van der Waals surface area contributed by atoms with E-state index in [1.165, 1.54) is 25.2 Å². The quantitative estimate of drug-likeness (QED) is 0.412. The lowest BCUT2D eigenvalue weighted by Crippen LogP contribution is -1.69. The van der Waals surface area contributed by atoms with E-state index < -0.39 is 0 Å². The van der Waals surface area contributed by atoms with E-state index in [9.17, 15) is 0 Å². The van der Waals surface area contributed by atoms with Crippen LogP contribution in [0.15, 0.2) is 0 Å². The van der Waals surface area contributed by atoms with Gasteiger partial charge in [0.1, 0.15) is 0 Å². The van der Waals surface area contributed by atoms with Crippen molar-refractivity contribution in [2.24, 2.45) is 0 Å². The van der Waals surface area contributed by atoms with Crippen molar-refractivity contribution in [3.05, 3.63) is 0 Å². The average molecular weight is 148 g/mol. The summed E-state index contributed by atoms with van der Waals surface area (Å²) in [4.78, 5) is 0. The molecule has 0 aliphatic rings. The molecule has 0 amide bonds. The van der Waals surface area contributed by atoms with E-state index in [-0.39, 0.29) is 0 Å². The van der Waals surface area contributed by atoms with E-state index in [2.05, 4.69) is 13.8 Å². The molecular formula is C6H14P2. The highest BCUT2D eigenvalue weighted by Gasteiger charge is 1.84. The summed E-state index contributed by atoms with van der Waals surface area (Å²) >= 11 is 0. The van der Waals surface area contributed by atoms with E-state index in [0.29, 0.717) is 0 Å². The summed E-state index contributed by atoms with van der Waals surface area (Å²) in [7, 11) is 3.24. The van der Waals surface area contributed by atoms with E-state index in [1.807, 2.05) is 0 Å². The van der Waals surface area contributed by atoms with Gasteiger partial charge in [-0.25, -0.2) is 0 Å². The molecule has 2 radical (unpaired) electrons. The van der Waals surface area contributed by atoms with Gasteiger partial charge in [-0.15, -0.1) is 0 Å². The lowest BCUT2D eigenvalue weighted by Gasteiger charge is -1.92. The highest BCUT2D eigenvalue weighted by Crippen LogP contribution is 2.36. The van der Waals surface area contributed by atoms with Crippen LogP contribution in [0, 0.1) is 0 Å². The van der Waals surface area contributed by atoms with Crippen LogP contribution in [-0.4, -0.2) is 12.3 Å². The van der Waals surface area contributed by atoms with E-state index >= 15 is 0 Å². The van der Waals surface area contributed by atoms with Crippen molar-refractivity contribution >= 4 is 16.5 Å². The van der Waals surface area contributed by atoms with Crippen molar-refractivity contribution in [1.82, 2.24) is 0 Å². The van der Waals surface area contributed by atoms with Gasteiger partial charge in [0.05, 0.1) is 0 Å². The molecule has 8 heavy (non-hydrogen) atoms. The fourth-order valence-corrected chi connectivity index (χ4v) is 2.65. The second kappa shape index (κ2) is 7.86. The number of unbranched alkanes of at least 4 members (excludes halogenated alkanes) is 1. The number of hydrogen-bond acceptors (Lipinski definition) is 0. The van der Waals surface area contributed by atoms with Crippen molar-refractivity contribution in [1.29, 1.82) is 0 Å². The molecule has 2 heteroatoms. The summed E-state index contributed by atoms with van der Waals surface area (Å²) in [6.45, 7) is 4.48. The van der Waals surface area contributed by atoms with Crippen LogP contribution in [0.5, 0.6) is 0 Å². The molecule has 0 aromatic heterocycles. The zero-order chi connectivity index (χ0) is 6.24. The highest BCUT2D eigenvalue weighted by atomic mass is 32.0. The molecule has 0 heterocycles. The topological polar surface area (TPSA) is 0 Å². The van der Waals surface area contributed by atoms with Gasteiger partial charge in [-0.05, 0) is 35.3 Å². The first-order chi connectivity index (χ1) is 3.91. The van der Waals surface area contributed by atoms with Crippen molar-refractivity contribution in [2.75, 3.05) is 12.3 Å². The molecule has 0 fully saturated rings. The van der Waals surface area contributed by atoms with E-state index in [1.54, 1.807) is 16.5 Å². The molecule has 0 aliphatic heterocycles. The van der Waals surface area contributed by atoms with E-state index in [4.69, 9.17) is 0 Å². The summed E-state index contributed by atoms with van der Waals surface area (Å²) in [5.41, 5.74) is 0. The van der Waals surface area contributed by atoms with Gasteiger partial charge in [0.15, 0.2) is 0 Å². The van der Waals surface area contributed by atoms with Crippen LogP contribution in [0.1, 0.15) is 26.7 Å². The highest BCUT2D eigenvalue weighted by molar-refractivity contribution is 8.11. The Morgan fingerprint density at radius 3 is 2.38 bits per heavy atom. The standard InChI is InChI=1S/C6H14P2/c1-3-5-6-8-7-4-2/h3-6H2,1-2H3. The minimum atomic E-state index is 1.32. The van der Waals surface area contributed by atoms with Crippen molar-refractivity contribution in [2.45, 2.75) is 26.7 Å². The predicted octanol–water partition coefficient (Wildman–Crippen LogP) is 3.61. The molecule has 0 N–H and O–H groups in total. The van der Waals surface area contributed by atoms with Crippen molar-refractivity contribution < 1.29 is 0 Å².